The van der Waals surface area contributed by atoms with Crippen LogP contribution in [0.3, 0.4) is 0 Å². The largest absolute Gasteiger partial charge is 0.313 e. The third-order valence-electron chi connectivity index (χ3n) is 3.81. The first kappa shape index (κ1) is 17.0. The van der Waals surface area contributed by atoms with Crippen LogP contribution in [-0.4, -0.2) is 25.7 Å². The van der Waals surface area contributed by atoms with E-state index in [0.29, 0.717) is 10.6 Å². The van der Waals surface area contributed by atoms with Crippen molar-refractivity contribution in [1.82, 2.24) is 19.8 Å². The van der Waals surface area contributed by atoms with Gasteiger partial charge < -0.3 is 5.32 Å². The van der Waals surface area contributed by atoms with Crippen LogP contribution in [0.25, 0.3) is 21.0 Å². The Labute approximate surface area is 161 Å². The molecule has 0 atom stereocenters. The lowest BCUT2D eigenvalue weighted by molar-refractivity contribution is 0.103. The molecular formula is C17H13N5OS3. The topological polar surface area (TPSA) is 80.7 Å². The van der Waals surface area contributed by atoms with E-state index < -0.39 is 0 Å². The maximum absolute atomic E-state index is 12.3. The van der Waals surface area contributed by atoms with Crippen molar-refractivity contribution >= 4 is 45.1 Å². The smallest absolute Gasteiger partial charge is 0.269 e. The Morgan fingerprint density at radius 3 is 2.73 bits per heavy atom. The second-order valence-electron chi connectivity index (χ2n) is 5.58. The Morgan fingerprint density at radius 1 is 1.12 bits per heavy atom. The van der Waals surface area contributed by atoms with E-state index in [1.54, 1.807) is 12.4 Å². The zero-order valence-corrected chi connectivity index (χ0v) is 16.3. The number of amides is 1. The molecule has 3 aromatic heterocycles. The van der Waals surface area contributed by atoms with Gasteiger partial charge in [0.25, 0.3) is 5.91 Å². The summed E-state index contributed by atoms with van der Waals surface area (Å²) in [6.07, 6.45) is 0. The minimum absolute atomic E-state index is 0.176. The van der Waals surface area contributed by atoms with E-state index in [4.69, 9.17) is 0 Å². The van der Waals surface area contributed by atoms with Crippen molar-refractivity contribution in [2.45, 2.75) is 13.8 Å². The van der Waals surface area contributed by atoms with E-state index in [0.717, 1.165) is 37.5 Å². The van der Waals surface area contributed by atoms with Crippen molar-refractivity contribution < 1.29 is 4.79 Å². The third-order valence-corrected chi connectivity index (χ3v) is 6.41. The summed E-state index contributed by atoms with van der Waals surface area (Å²) in [7, 11) is 0. The highest BCUT2D eigenvalue weighted by atomic mass is 32.1. The minimum Gasteiger partial charge on any atom is -0.313 e. The van der Waals surface area contributed by atoms with Gasteiger partial charge in [-0.1, -0.05) is 28.0 Å². The van der Waals surface area contributed by atoms with E-state index in [1.165, 1.54) is 28.2 Å². The van der Waals surface area contributed by atoms with Gasteiger partial charge in [0.05, 0.1) is 10.7 Å². The van der Waals surface area contributed by atoms with Gasteiger partial charge in [0.15, 0.2) is 0 Å². The molecule has 0 spiro atoms. The first-order valence-corrected chi connectivity index (χ1v) is 10.2. The van der Waals surface area contributed by atoms with Gasteiger partial charge in [0, 0.05) is 10.4 Å². The minimum atomic E-state index is -0.176. The maximum Gasteiger partial charge on any atom is 0.269 e. The standard InChI is InChI=1S/C17H13N5OS3/c1-9-3-4-11(17-21-18-8-24-17)7-12(9)13-5-6-14(25-13)19-16(23)15-10(2)20-22-26-15/h3-8H,1-2H3,(H,19,23). The SMILES string of the molecule is Cc1ccc(-c2nncs2)cc1-c1ccc(NC(=O)c2snnc2C)s1. The van der Waals surface area contributed by atoms with Crippen LogP contribution in [0, 0.1) is 13.8 Å². The molecule has 0 aliphatic carbocycles. The van der Waals surface area contributed by atoms with Crippen molar-refractivity contribution in [1.29, 1.82) is 0 Å². The Bertz CT molecular complexity index is 1070. The van der Waals surface area contributed by atoms with Crippen molar-refractivity contribution in [3.05, 3.63) is 52.0 Å². The fourth-order valence-corrected chi connectivity index (χ4v) is 4.56. The van der Waals surface area contributed by atoms with E-state index in [1.807, 2.05) is 12.1 Å². The van der Waals surface area contributed by atoms with Gasteiger partial charge in [0.2, 0.25) is 0 Å². The second-order valence-corrected chi connectivity index (χ2v) is 8.25. The summed E-state index contributed by atoms with van der Waals surface area (Å²) in [5.74, 6) is -0.176. The first-order chi connectivity index (χ1) is 12.6. The number of benzene rings is 1. The van der Waals surface area contributed by atoms with Crippen molar-refractivity contribution in [3.63, 3.8) is 0 Å². The van der Waals surface area contributed by atoms with Gasteiger partial charge >= 0.3 is 0 Å². The molecule has 4 rings (SSSR count). The van der Waals surface area contributed by atoms with Gasteiger partial charge in [-0.3, -0.25) is 4.79 Å². The maximum atomic E-state index is 12.3. The summed E-state index contributed by atoms with van der Waals surface area (Å²) < 4.78 is 3.81. The molecule has 3 heterocycles. The van der Waals surface area contributed by atoms with Crippen LogP contribution in [0.1, 0.15) is 20.9 Å². The normalized spacial score (nSPS) is 10.8. The molecule has 130 valence electrons. The van der Waals surface area contributed by atoms with Crippen LogP contribution in [0.15, 0.2) is 35.8 Å². The second kappa shape index (κ2) is 7.02. The number of anilines is 1. The molecule has 0 aliphatic rings. The molecular weight excluding hydrogens is 386 g/mol. The number of thiophene rings is 1. The van der Waals surface area contributed by atoms with E-state index in [-0.39, 0.29) is 5.91 Å². The van der Waals surface area contributed by atoms with Crippen LogP contribution in [0.4, 0.5) is 5.00 Å². The molecule has 0 fully saturated rings. The van der Waals surface area contributed by atoms with Gasteiger partial charge in [-0.25, -0.2) is 0 Å². The van der Waals surface area contributed by atoms with Gasteiger partial charge in [-0.15, -0.1) is 26.6 Å². The summed E-state index contributed by atoms with van der Waals surface area (Å²) in [6, 6.07) is 10.2. The number of nitrogens with zero attached hydrogens (tertiary/aromatic N) is 4. The summed E-state index contributed by atoms with van der Waals surface area (Å²) in [5.41, 5.74) is 5.70. The molecule has 0 bridgehead atoms. The Balaban J connectivity index is 1.61. The number of rotatable bonds is 4. The first-order valence-electron chi connectivity index (χ1n) is 7.69. The highest BCUT2D eigenvalue weighted by Gasteiger charge is 2.15. The number of hydrogen-bond donors (Lipinski definition) is 1. The molecule has 1 amide bonds. The quantitative estimate of drug-likeness (QED) is 0.540. The average molecular weight is 400 g/mol. The van der Waals surface area contributed by atoms with Crippen molar-refractivity contribution in [2.24, 2.45) is 0 Å². The molecule has 1 N–H and O–H groups in total. The van der Waals surface area contributed by atoms with Crippen molar-refractivity contribution in [2.75, 3.05) is 5.32 Å². The molecule has 1 aromatic carbocycles. The summed E-state index contributed by atoms with van der Waals surface area (Å²) >= 11 is 4.15. The van der Waals surface area contributed by atoms with Gasteiger partial charge in [-0.2, -0.15) is 0 Å². The molecule has 9 heteroatoms. The number of carbonyl (C=O) groups is 1. The number of aromatic nitrogens is 4. The average Bonchev–Trinajstić information content (AvgIpc) is 3.36. The van der Waals surface area contributed by atoms with Crippen LogP contribution in [0.2, 0.25) is 0 Å². The Morgan fingerprint density at radius 2 is 2.00 bits per heavy atom. The van der Waals surface area contributed by atoms with E-state index in [2.05, 4.69) is 50.2 Å². The van der Waals surface area contributed by atoms with Crippen LogP contribution >= 0.6 is 34.2 Å². The zero-order chi connectivity index (χ0) is 18.1. The number of nitrogens with one attached hydrogen (secondary N) is 1. The zero-order valence-electron chi connectivity index (χ0n) is 13.9. The fraction of sp³-hybridized carbons (Fsp3) is 0.118. The van der Waals surface area contributed by atoms with Gasteiger partial charge in [-0.05, 0) is 54.7 Å². The van der Waals surface area contributed by atoms with Gasteiger partial charge in [0.1, 0.15) is 15.4 Å². The molecule has 0 saturated heterocycles. The Hall–Kier alpha value is -2.49. The number of hydrogen-bond acceptors (Lipinski definition) is 8. The molecule has 0 saturated carbocycles. The monoisotopic (exact) mass is 399 g/mol. The lowest BCUT2D eigenvalue weighted by Gasteiger charge is -2.05. The van der Waals surface area contributed by atoms with Crippen LogP contribution in [0.5, 0.6) is 0 Å². The molecule has 0 radical (unpaired) electrons. The molecule has 0 aliphatic heterocycles. The summed E-state index contributed by atoms with van der Waals surface area (Å²) in [6.45, 7) is 3.85. The lowest BCUT2D eigenvalue weighted by Crippen LogP contribution is -2.10. The molecule has 4 aromatic rings. The third kappa shape index (κ3) is 3.28. The lowest BCUT2D eigenvalue weighted by atomic mass is 10.0. The predicted molar refractivity (Wildman–Crippen MR) is 106 cm³/mol. The molecule has 26 heavy (non-hydrogen) atoms. The summed E-state index contributed by atoms with van der Waals surface area (Å²) in [5, 5.41) is 16.5. The summed E-state index contributed by atoms with van der Waals surface area (Å²) in [4.78, 5) is 14.0. The fourth-order valence-electron chi connectivity index (χ4n) is 2.48. The van der Waals surface area contributed by atoms with E-state index in [9.17, 15) is 4.79 Å². The highest BCUT2D eigenvalue weighted by molar-refractivity contribution is 7.19. The predicted octanol–water partition coefficient (Wildman–Crippen LogP) is 4.65. The van der Waals surface area contributed by atoms with Crippen LogP contribution in [-0.2, 0) is 0 Å². The van der Waals surface area contributed by atoms with E-state index >= 15 is 0 Å². The molecule has 0 unspecified atom stereocenters. The number of carbonyl (C=O) groups excluding carboxylic acids is 1. The number of aryl methyl sites for hydroxylation is 2. The highest BCUT2D eigenvalue weighted by Crippen LogP contribution is 2.36. The van der Waals surface area contributed by atoms with Crippen molar-refractivity contribution in [3.8, 4) is 21.0 Å². The Kier molecular flexibility index (Phi) is 4.58. The van der Waals surface area contributed by atoms with Crippen LogP contribution < -0.4 is 5.32 Å². The molecule has 6 nitrogen and oxygen atoms in total.